The Morgan fingerprint density at radius 1 is 0.724 bits per heavy atom. The first-order chi connectivity index (χ1) is 14.3. The number of benzene rings is 2. The highest BCUT2D eigenvalue weighted by Gasteiger charge is 2.17. The molecule has 29 heavy (non-hydrogen) atoms. The maximum absolute atomic E-state index is 6.21. The van der Waals surface area contributed by atoms with Crippen LogP contribution in [-0.4, -0.2) is 19.7 Å². The lowest BCUT2D eigenvalue weighted by Gasteiger charge is -2.06. The molecule has 3 aromatic heterocycles. The molecule has 0 spiro atoms. The van der Waals surface area contributed by atoms with Crippen LogP contribution in [0.5, 0.6) is 11.5 Å². The number of hydrogen-bond acceptors (Lipinski definition) is 5. The van der Waals surface area contributed by atoms with E-state index in [4.69, 9.17) is 15.6 Å². The van der Waals surface area contributed by atoms with E-state index in [0.29, 0.717) is 5.82 Å². The molecule has 2 N–H and O–H groups in total. The standard InChI is InChI=1S/C23H17N5O/c24-23-21-19(13-15-26-23)28(20-8-4-5-14-25-20)27-22(21)16-9-11-18(12-10-16)29-17-6-2-1-3-7-17/h1-15H,(H2,24,26). The number of nitrogens with zero attached hydrogens (tertiary/aromatic N) is 4. The maximum atomic E-state index is 6.21. The van der Waals surface area contributed by atoms with Crippen molar-refractivity contribution in [2.24, 2.45) is 0 Å². The van der Waals surface area contributed by atoms with Gasteiger partial charge >= 0.3 is 0 Å². The number of hydrogen-bond donors (Lipinski definition) is 1. The Morgan fingerprint density at radius 3 is 2.24 bits per heavy atom. The van der Waals surface area contributed by atoms with Crippen LogP contribution in [0.4, 0.5) is 5.82 Å². The van der Waals surface area contributed by atoms with E-state index in [0.717, 1.165) is 39.5 Å². The number of aromatic nitrogens is 4. The molecule has 0 saturated carbocycles. The van der Waals surface area contributed by atoms with Crippen LogP contribution >= 0.6 is 0 Å². The Balaban J connectivity index is 1.58. The number of nitrogens with two attached hydrogens (primary N) is 1. The second kappa shape index (κ2) is 7.09. The van der Waals surface area contributed by atoms with Gasteiger partial charge in [-0.1, -0.05) is 24.3 Å². The van der Waals surface area contributed by atoms with Gasteiger partial charge in [-0.3, -0.25) is 0 Å². The van der Waals surface area contributed by atoms with E-state index in [-0.39, 0.29) is 0 Å². The second-order valence-electron chi connectivity index (χ2n) is 6.48. The summed E-state index contributed by atoms with van der Waals surface area (Å²) in [6.07, 6.45) is 3.42. The van der Waals surface area contributed by atoms with Crippen molar-refractivity contribution in [1.82, 2.24) is 19.7 Å². The van der Waals surface area contributed by atoms with E-state index in [1.807, 2.05) is 78.9 Å². The van der Waals surface area contributed by atoms with Crippen LogP contribution in [0.25, 0.3) is 28.0 Å². The van der Waals surface area contributed by atoms with Crippen molar-refractivity contribution < 1.29 is 4.74 Å². The Kier molecular flexibility index (Phi) is 4.14. The van der Waals surface area contributed by atoms with Gasteiger partial charge in [-0.15, -0.1) is 0 Å². The molecule has 0 aliphatic carbocycles. The van der Waals surface area contributed by atoms with E-state index >= 15 is 0 Å². The van der Waals surface area contributed by atoms with Crippen molar-refractivity contribution >= 4 is 16.7 Å². The third-order valence-electron chi connectivity index (χ3n) is 4.60. The van der Waals surface area contributed by atoms with Crippen molar-refractivity contribution in [1.29, 1.82) is 0 Å². The number of para-hydroxylation sites is 1. The summed E-state index contributed by atoms with van der Waals surface area (Å²) in [5.41, 5.74) is 8.74. The van der Waals surface area contributed by atoms with Gasteiger partial charge in [-0.05, 0) is 54.6 Å². The minimum Gasteiger partial charge on any atom is -0.457 e. The summed E-state index contributed by atoms with van der Waals surface area (Å²) < 4.78 is 7.67. The van der Waals surface area contributed by atoms with Crippen molar-refractivity contribution in [2.45, 2.75) is 0 Å². The average molecular weight is 379 g/mol. The zero-order valence-corrected chi connectivity index (χ0v) is 15.4. The van der Waals surface area contributed by atoms with Gasteiger partial charge in [-0.25, -0.2) is 14.6 Å². The zero-order valence-electron chi connectivity index (χ0n) is 15.4. The molecule has 6 heteroatoms. The van der Waals surface area contributed by atoms with Gasteiger partial charge in [0, 0.05) is 18.0 Å². The summed E-state index contributed by atoms with van der Waals surface area (Å²) in [7, 11) is 0. The number of rotatable bonds is 4. The first-order valence-corrected chi connectivity index (χ1v) is 9.17. The predicted octanol–water partition coefficient (Wildman–Crippen LogP) is 4.86. The highest BCUT2D eigenvalue weighted by Crippen LogP contribution is 2.33. The van der Waals surface area contributed by atoms with E-state index in [1.165, 1.54) is 0 Å². The second-order valence-corrected chi connectivity index (χ2v) is 6.48. The normalized spacial score (nSPS) is 10.9. The first kappa shape index (κ1) is 16.9. The largest absolute Gasteiger partial charge is 0.457 e. The van der Waals surface area contributed by atoms with Crippen LogP contribution in [0.15, 0.2) is 91.3 Å². The monoisotopic (exact) mass is 379 g/mol. The Morgan fingerprint density at radius 2 is 1.48 bits per heavy atom. The van der Waals surface area contributed by atoms with Crippen LogP contribution in [-0.2, 0) is 0 Å². The number of ether oxygens (including phenoxy) is 1. The van der Waals surface area contributed by atoms with Gasteiger partial charge in [-0.2, -0.15) is 5.10 Å². The molecule has 140 valence electrons. The van der Waals surface area contributed by atoms with Crippen LogP contribution in [0.1, 0.15) is 0 Å². The van der Waals surface area contributed by atoms with Crippen molar-refractivity contribution in [3.63, 3.8) is 0 Å². The Hall–Kier alpha value is -4.19. The van der Waals surface area contributed by atoms with E-state index in [2.05, 4.69) is 9.97 Å². The number of nitrogen functional groups attached to an aromatic ring is 1. The molecule has 0 fully saturated rings. The molecule has 0 unspecified atom stereocenters. The minimum absolute atomic E-state index is 0.435. The lowest BCUT2D eigenvalue weighted by molar-refractivity contribution is 0.483. The number of fused-ring (bicyclic) bond motifs is 1. The molecule has 2 aromatic carbocycles. The van der Waals surface area contributed by atoms with Gasteiger partial charge in [0.2, 0.25) is 0 Å². The summed E-state index contributed by atoms with van der Waals surface area (Å²) in [4.78, 5) is 8.67. The van der Waals surface area contributed by atoms with Gasteiger partial charge in [0.25, 0.3) is 0 Å². The fourth-order valence-electron chi connectivity index (χ4n) is 3.25. The van der Waals surface area contributed by atoms with E-state index in [1.54, 1.807) is 17.1 Å². The van der Waals surface area contributed by atoms with Crippen molar-refractivity contribution in [2.75, 3.05) is 5.73 Å². The highest BCUT2D eigenvalue weighted by atomic mass is 16.5. The predicted molar refractivity (Wildman–Crippen MR) is 113 cm³/mol. The average Bonchev–Trinajstić information content (AvgIpc) is 3.17. The lowest BCUT2D eigenvalue weighted by Crippen LogP contribution is -1.99. The summed E-state index contributed by atoms with van der Waals surface area (Å²) in [6, 6.07) is 25.0. The van der Waals surface area contributed by atoms with Crippen molar-refractivity contribution in [3.05, 3.63) is 91.3 Å². The SMILES string of the molecule is Nc1nccc2c1c(-c1ccc(Oc3ccccc3)cc1)nn2-c1ccccn1. The van der Waals surface area contributed by atoms with E-state index in [9.17, 15) is 0 Å². The number of pyridine rings is 2. The Labute approximate surface area is 167 Å². The quantitative estimate of drug-likeness (QED) is 0.482. The summed E-state index contributed by atoms with van der Waals surface area (Å²) in [5, 5.41) is 5.60. The lowest BCUT2D eigenvalue weighted by atomic mass is 10.1. The van der Waals surface area contributed by atoms with Crippen LogP contribution in [0.2, 0.25) is 0 Å². The summed E-state index contributed by atoms with van der Waals surface area (Å²) in [5.74, 6) is 2.70. The van der Waals surface area contributed by atoms with Gasteiger partial charge in [0.05, 0.1) is 10.9 Å². The fourth-order valence-corrected chi connectivity index (χ4v) is 3.25. The molecule has 0 bridgehead atoms. The molecule has 0 amide bonds. The minimum atomic E-state index is 0.435. The van der Waals surface area contributed by atoms with Gasteiger partial charge < -0.3 is 10.5 Å². The van der Waals surface area contributed by atoms with Crippen LogP contribution in [0, 0.1) is 0 Å². The molecule has 3 heterocycles. The third-order valence-corrected chi connectivity index (χ3v) is 4.60. The van der Waals surface area contributed by atoms with Crippen molar-refractivity contribution in [3.8, 4) is 28.6 Å². The molecule has 0 aliphatic heterocycles. The fraction of sp³-hybridized carbons (Fsp3) is 0. The maximum Gasteiger partial charge on any atom is 0.153 e. The van der Waals surface area contributed by atoms with Gasteiger partial charge in [0.15, 0.2) is 5.82 Å². The molecule has 0 radical (unpaired) electrons. The molecule has 0 saturated heterocycles. The van der Waals surface area contributed by atoms with Gasteiger partial charge in [0.1, 0.15) is 23.0 Å². The molecular weight excluding hydrogens is 362 g/mol. The molecular formula is C23H17N5O. The highest BCUT2D eigenvalue weighted by molar-refractivity contribution is 6.00. The molecule has 0 atom stereocenters. The molecule has 5 rings (SSSR count). The molecule has 6 nitrogen and oxygen atoms in total. The summed E-state index contributed by atoms with van der Waals surface area (Å²) in [6.45, 7) is 0. The van der Waals surface area contributed by atoms with Crippen LogP contribution < -0.4 is 10.5 Å². The zero-order chi connectivity index (χ0) is 19.6. The first-order valence-electron chi connectivity index (χ1n) is 9.17. The molecule has 5 aromatic rings. The number of anilines is 1. The Bertz CT molecular complexity index is 1270. The smallest absolute Gasteiger partial charge is 0.153 e. The topological polar surface area (TPSA) is 78.9 Å². The van der Waals surface area contributed by atoms with E-state index < -0.39 is 0 Å². The van der Waals surface area contributed by atoms with Crippen LogP contribution in [0.3, 0.4) is 0 Å². The molecule has 0 aliphatic rings. The third kappa shape index (κ3) is 3.17. The summed E-state index contributed by atoms with van der Waals surface area (Å²) >= 11 is 0.